The lowest BCUT2D eigenvalue weighted by Crippen LogP contribution is -2.28. The molecule has 2 heterocycles. The van der Waals surface area contributed by atoms with Gasteiger partial charge in [-0.05, 0) is 12.5 Å². The monoisotopic (exact) mass is 315 g/mol. The molecule has 6 nitrogen and oxygen atoms in total. The number of aryl methyl sites for hydroxylation is 1. The molecule has 0 spiro atoms. The zero-order valence-corrected chi connectivity index (χ0v) is 12.9. The smallest absolute Gasteiger partial charge is 0.242 e. The second-order valence-electron chi connectivity index (χ2n) is 4.39. The first-order valence-corrected chi connectivity index (χ1v) is 8.52. The van der Waals surface area contributed by atoms with Crippen LogP contribution < -0.4 is 4.72 Å². The largest absolute Gasteiger partial charge is 0.390 e. The summed E-state index contributed by atoms with van der Waals surface area (Å²) in [7, 11) is -1.93. The Morgan fingerprint density at radius 3 is 2.80 bits per heavy atom. The summed E-state index contributed by atoms with van der Waals surface area (Å²) in [4.78, 5) is 4.30. The number of aliphatic hydroxyl groups is 1. The highest BCUT2D eigenvalue weighted by Gasteiger charge is 2.23. The van der Waals surface area contributed by atoms with E-state index in [9.17, 15) is 8.42 Å². The molecule has 0 bridgehead atoms. The first kappa shape index (κ1) is 15.2. The molecule has 8 heteroatoms. The lowest BCUT2D eigenvalue weighted by Gasteiger charge is -2.13. The molecule has 0 saturated heterocycles. The van der Waals surface area contributed by atoms with Crippen molar-refractivity contribution in [1.29, 1.82) is 0 Å². The molecule has 20 heavy (non-hydrogen) atoms. The van der Waals surface area contributed by atoms with Gasteiger partial charge in [-0.25, -0.2) is 18.1 Å². The van der Waals surface area contributed by atoms with Crippen molar-refractivity contribution in [1.82, 2.24) is 14.3 Å². The molecule has 2 N–H and O–H groups in total. The maximum absolute atomic E-state index is 12.3. The lowest BCUT2D eigenvalue weighted by atomic mass is 10.3. The van der Waals surface area contributed by atoms with Gasteiger partial charge in [-0.15, -0.1) is 11.3 Å². The summed E-state index contributed by atoms with van der Waals surface area (Å²) in [5, 5.41) is 11.7. The average Bonchev–Trinajstić information content (AvgIpc) is 3.05. The van der Waals surface area contributed by atoms with Crippen LogP contribution in [-0.2, 0) is 23.7 Å². The van der Waals surface area contributed by atoms with Gasteiger partial charge in [0.05, 0.1) is 17.5 Å². The summed E-state index contributed by atoms with van der Waals surface area (Å²) in [5.41, 5.74) is 0.549. The van der Waals surface area contributed by atoms with E-state index in [0.717, 1.165) is 5.01 Å². The molecule has 2 aromatic rings. The van der Waals surface area contributed by atoms with Crippen molar-refractivity contribution in [3.05, 3.63) is 34.5 Å². The van der Waals surface area contributed by atoms with Crippen molar-refractivity contribution < 1.29 is 13.5 Å². The van der Waals surface area contributed by atoms with Crippen LogP contribution in [0.1, 0.15) is 30.1 Å². The third-order valence-electron chi connectivity index (χ3n) is 3.01. The van der Waals surface area contributed by atoms with Crippen LogP contribution in [0.4, 0.5) is 0 Å². The van der Waals surface area contributed by atoms with E-state index < -0.39 is 10.0 Å². The molecule has 0 aliphatic heterocycles. The number of hydrogen-bond acceptors (Lipinski definition) is 5. The molecule has 0 aliphatic carbocycles. The van der Waals surface area contributed by atoms with Crippen molar-refractivity contribution in [2.24, 2.45) is 7.05 Å². The van der Waals surface area contributed by atoms with Gasteiger partial charge in [-0.3, -0.25) is 0 Å². The summed E-state index contributed by atoms with van der Waals surface area (Å²) in [6.45, 7) is 1.70. The maximum Gasteiger partial charge on any atom is 0.242 e. The minimum absolute atomic E-state index is 0.152. The second-order valence-corrected chi connectivity index (χ2v) is 7.03. The summed E-state index contributed by atoms with van der Waals surface area (Å²) < 4.78 is 28.9. The van der Waals surface area contributed by atoms with Crippen molar-refractivity contribution >= 4 is 21.4 Å². The normalized spacial score (nSPS) is 13.6. The number of thiazole rings is 1. The second kappa shape index (κ2) is 6.04. The molecule has 0 fully saturated rings. The van der Waals surface area contributed by atoms with Crippen LogP contribution in [0.2, 0.25) is 0 Å². The van der Waals surface area contributed by atoms with Crippen LogP contribution in [0.15, 0.2) is 28.7 Å². The number of aromatic nitrogens is 2. The molecule has 0 aromatic carbocycles. The van der Waals surface area contributed by atoms with E-state index in [1.54, 1.807) is 17.8 Å². The van der Waals surface area contributed by atoms with Gasteiger partial charge in [0.15, 0.2) is 0 Å². The Hall–Kier alpha value is -1.22. The van der Waals surface area contributed by atoms with E-state index in [-0.39, 0.29) is 17.5 Å². The molecule has 2 aromatic heterocycles. The fourth-order valence-electron chi connectivity index (χ4n) is 1.85. The standard InChI is InChI=1S/C12H17N3O3S2/c1-3-11(12-13-4-5-19-12)14-20(17,18)10-6-9(8-16)15(2)7-10/h4-7,11,14,16H,3,8H2,1-2H3. The Balaban J connectivity index is 2.25. The van der Waals surface area contributed by atoms with E-state index in [1.807, 2.05) is 12.3 Å². The van der Waals surface area contributed by atoms with Gasteiger partial charge in [-0.2, -0.15) is 0 Å². The molecule has 0 aliphatic rings. The topological polar surface area (TPSA) is 84.2 Å². The van der Waals surface area contributed by atoms with Crippen molar-refractivity contribution in [3.8, 4) is 0 Å². The quantitative estimate of drug-likeness (QED) is 0.844. The summed E-state index contributed by atoms with van der Waals surface area (Å²) in [6.07, 6.45) is 3.76. The summed E-state index contributed by atoms with van der Waals surface area (Å²) in [5.74, 6) is 0. The number of aliphatic hydroxyl groups excluding tert-OH is 1. The molecule has 0 radical (unpaired) electrons. The highest BCUT2D eigenvalue weighted by Crippen LogP contribution is 2.22. The summed E-state index contributed by atoms with van der Waals surface area (Å²) in [6, 6.07) is 1.13. The molecular weight excluding hydrogens is 298 g/mol. The molecule has 110 valence electrons. The van der Waals surface area contributed by atoms with Gasteiger partial charge in [0, 0.05) is 30.5 Å². The number of sulfonamides is 1. The Labute approximate surface area is 122 Å². The third kappa shape index (κ3) is 3.09. The van der Waals surface area contributed by atoms with Crippen LogP contribution in [0, 0.1) is 0 Å². The molecule has 0 saturated carbocycles. The van der Waals surface area contributed by atoms with Crippen LogP contribution >= 0.6 is 11.3 Å². The molecule has 1 atom stereocenters. The molecule has 0 amide bonds. The zero-order valence-electron chi connectivity index (χ0n) is 11.3. The number of nitrogens with one attached hydrogen (secondary N) is 1. The van der Waals surface area contributed by atoms with E-state index >= 15 is 0 Å². The molecule has 2 rings (SSSR count). The summed E-state index contributed by atoms with van der Waals surface area (Å²) >= 11 is 1.42. The van der Waals surface area contributed by atoms with E-state index in [2.05, 4.69) is 9.71 Å². The van der Waals surface area contributed by atoms with E-state index in [1.165, 1.54) is 23.6 Å². The molecular formula is C12H17N3O3S2. The van der Waals surface area contributed by atoms with Crippen LogP contribution in [0.3, 0.4) is 0 Å². The average molecular weight is 315 g/mol. The van der Waals surface area contributed by atoms with Gasteiger partial charge in [0.25, 0.3) is 0 Å². The predicted molar refractivity (Wildman–Crippen MR) is 76.8 cm³/mol. The zero-order chi connectivity index (χ0) is 14.8. The molecule has 1 unspecified atom stereocenters. The SMILES string of the molecule is CCC(NS(=O)(=O)c1cc(CO)n(C)c1)c1nccs1. The fraction of sp³-hybridized carbons (Fsp3) is 0.417. The lowest BCUT2D eigenvalue weighted by molar-refractivity contribution is 0.272. The Kier molecular flexibility index (Phi) is 4.59. The number of nitrogens with zero attached hydrogens (tertiary/aromatic N) is 2. The fourth-order valence-corrected chi connectivity index (χ4v) is 4.08. The van der Waals surface area contributed by atoms with Crippen molar-refractivity contribution in [3.63, 3.8) is 0 Å². The van der Waals surface area contributed by atoms with Gasteiger partial charge in [0.1, 0.15) is 5.01 Å². The highest BCUT2D eigenvalue weighted by atomic mass is 32.2. The van der Waals surface area contributed by atoms with Crippen LogP contribution in [-0.4, -0.2) is 23.1 Å². The number of hydrogen-bond donors (Lipinski definition) is 2. The van der Waals surface area contributed by atoms with E-state index in [0.29, 0.717) is 12.1 Å². The number of rotatable bonds is 6. The van der Waals surface area contributed by atoms with Gasteiger partial charge in [0.2, 0.25) is 10.0 Å². The van der Waals surface area contributed by atoms with Gasteiger partial charge < -0.3 is 9.67 Å². The Morgan fingerprint density at radius 1 is 1.55 bits per heavy atom. The van der Waals surface area contributed by atoms with E-state index in [4.69, 9.17) is 5.11 Å². The Bertz CT molecular complexity index is 662. The predicted octanol–water partition coefficient (Wildman–Crippen LogP) is 1.40. The maximum atomic E-state index is 12.3. The van der Waals surface area contributed by atoms with Crippen LogP contribution in [0.5, 0.6) is 0 Å². The van der Waals surface area contributed by atoms with Crippen molar-refractivity contribution in [2.75, 3.05) is 0 Å². The Morgan fingerprint density at radius 2 is 2.30 bits per heavy atom. The van der Waals surface area contributed by atoms with Crippen LogP contribution in [0.25, 0.3) is 0 Å². The minimum Gasteiger partial charge on any atom is -0.390 e. The highest BCUT2D eigenvalue weighted by molar-refractivity contribution is 7.89. The first-order valence-electron chi connectivity index (χ1n) is 6.15. The first-order chi connectivity index (χ1) is 9.47. The minimum atomic E-state index is -3.62. The van der Waals surface area contributed by atoms with Gasteiger partial charge >= 0.3 is 0 Å². The van der Waals surface area contributed by atoms with Gasteiger partial charge in [-0.1, -0.05) is 6.92 Å². The van der Waals surface area contributed by atoms with Crippen molar-refractivity contribution in [2.45, 2.75) is 30.9 Å². The third-order valence-corrected chi connectivity index (χ3v) is 5.34.